The van der Waals surface area contributed by atoms with E-state index >= 15 is 0 Å². The summed E-state index contributed by atoms with van der Waals surface area (Å²) in [6, 6.07) is 7.99. The van der Waals surface area contributed by atoms with E-state index in [2.05, 4.69) is 42.4 Å². The van der Waals surface area contributed by atoms with Crippen molar-refractivity contribution in [1.82, 2.24) is 0 Å². The molecule has 2 rings (SSSR count). The maximum Gasteiger partial charge on any atom is 0.416 e. The molecule has 2 aromatic rings. The lowest BCUT2D eigenvalue weighted by Gasteiger charge is -2.08. The van der Waals surface area contributed by atoms with Gasteiger partial charge < -0.3 is 5.11 Å². The van der Waals surface area contributed by atoms with Crippen LogP contribution in [0.3, 0.4) is 0 Å². The van der Waals surface area contributed by atoms with Gasteiger partial charge in [0, 0.05) is 0 Å². The number of phenolic OH excluding ortho intramolecular Hbond substituents is 1. The maximum atomic E-state index is 12.6. The van der Waals surface area contributed by atoms with E-state index in [1.807, 2.05) is 0 Å². The smallest absolute Gasteiger partial charge is 0.416 e. The summed E-state index contributed by atoms with van der Waals surface area (Å²) in [7, 11) is 0. The number of benzene rings is 2. The van der Waals surface area contributed by atoms with Crippen molar-refractivity contribution in [3.63, 3.8) is 0 Å². The monoisotopic (exact) mass is 436 g/mol. The molecule has 0 saturated carbocycles. The number of aromatic hydroxyl groups is 1. The van der Waals surface area contributed by atoms with Crippen LogP contribution in [-0.4, -0.2) is 11.3 Å². The molecule has 0 saturated heterocycles. The zero-order valence-corrected chi connectivity index (χ0v) is 14.0. The molecule has 0 aliphatic heterocycles. The number of hydrogen-bond donors (Lipinski definition) is 2. The number of nitrogens with one attached hydrogen (secondary N) is 1. The molecule has 22 heavy (non-hydrogen) atoms. The van der Waals surface area contributed by atoms with Gasteiger partial charge in [-0.1, -0.05) is 6.07 Å². The Morgan fingerprint density at radius 3 is 2.32 bits per heavy atom. The van der Waals surface area contributed by atoms with Gasteiger partial charge in [-0.15, -0.1) is 0 Å². The summed E-state index contributed by atoms with van der Waals surface area (Å²) in [5, 5.41) is 13.5. The Morgan fingerprint density at radius 2 is 1.73 bits per heavy atom. The second kappa shape index (κ2) is 6.70. The minimum absolute atomic E-state index is 0.0583. The van der Waals surface area contributed by atoms with Gasteiger partial charge >= 0.3 is 6.18 Å². The van der Waals surface area contributed by atoms with Crippen LogP contribution in [0.1, 0.15) is 11.1 Å². The fourth-order valence-corrected chi connectivity index (χ4v) is 2.83. The van der Waals surface area contributed by atoms with Crippen LogP contribution in [-0.2, 0) is 6.18 Å². The van der Waals surface area contributed by atoms with E-state index in [0.717, 1.165) is 12.1 Å². The van der Waals surface area contributed by atoms with Crippen molar-refractivity contribution < 1.29 is 18.3 Å². The molecule has 0 fully saturated rings. The van der Waals surface area contributed by atoms with E-state index in [9.17, 15) is 18.3 Å². The Labute approximate surface area is 141 Å². The first-order valence-electron chi connectivity index (χ1n) is 5.92. The van der Waals surface area contributed by atoms with Gasteiger partial charge in [0.25, 0.3) is 0 Å². The molecule has 116 valence electrons. The van der Waals surface area contributed by atoms with Crippen LogP contribution in [0.4, 0.5) is 18.9 Å². The Kier molecular flexibility index (Phi) is 5.12. The van der Waals surface area contributed by atoms with E-state index in [4.69, 9.17) is 0 Å². The summed E-state index contributed by atoms with van der Waals surface area (Å²) < 4.78 is 38.7. The van der Waals surface area contributed by atoms with Crippen molar-refractivity contribution in [2.75, 3.05) is 5.43 Å². The molecular weight excluding hydrogens is 429 g/mol. The lowest BCUT2D eigenvalue weighted by molar-refractivity contribution is -0.137. The predicted molar refractivity (Wildman–Crippen MR) is 86.2 cm³/mol. The molecule has 0 bridgehead atoms. The van der Waals surface area contributed by atoms with Gasteiger partial charge in [0.1, 0.15) is 5.75 Å². The van der Waals surface area contributed by atoms with E-state index in [1.54, 1.807) is 12.1 Å². The fraction of sp³-hybridized carbons (Fsp3) is 0.0714. The molecule has 3 nitrogen and oxygen atoms in total. The highest BCUT2D eigenvalue weighted by Gasteiger charge is 2.30. The van der Waals surface area contributed by atoms with Crippen LogP contribution >= 0.6 is 31.9 Å². The van der Waals surface area contributed by atoms with Gasteiger partial charge in [-0.3, -0.25) is 5.43 Å². The maximum absolute atomic E-state index is 12.6. The first-order valence-corrected chi connectivity index (χ1v) is 7.50. The molecule has 2 aromatic carbocycles. The third-order valence-corrected chi connectivity index (χ3v) is 3.85. The second-order valence-electron chi connectivity index (χ2n) is 4.28. The van der Waals surface area contributed by atoms with Crippen LogP contribution in [0.25, 0.3) is 0 Å². The third kappa shape index (κ3) is 4.23. The quantitative estimate of drug-likeness (QED) is 0.500. The van der Waals surface area contributed by atoms with Crippen LogP contribution in [0.5, 0.6) is 5.75 Å². The van der Waals surface area contributed by atoms with Crippen molar-refractivity contribution in [2.24, 2.45) is 5.10 Å². The Morgan fingerprint density at radius 1 is 1.09 bits per heavy atom. The molecule has 0 atom stereocenters. The number of halogens is 5. The SMILES string of the molecule is Oc1c(Br)cc(C=NNc2cccc(C(F)(F)F)c2)cc1Br. The molecule has 0 radical (unpaired) electrons. The highest BCUT2D eigenvalue weighted by molar-refractivity contribution is 9.11. The average Bonchev–Trinajstić information content (AvgIpc) is 2.44. The zero-order valence-electron chi connectivity index (χ0n) is 10.8. The minimum Gasteiger partial charge on any atom is -0.506 e. The Hall–Kier alpha value is -1.54. The van der Waals surface area contributed by atoms with E-state index in [-0.39, 0.29) is 11.4 Å². The number of anilines is 1. The second-order valence-corrected chi connectivity index (χ2v) is 5.99. The molecule has 0 spiro atoms. The minimum atomic E-state index is -4.39. The number of hydrazone groups is 1. The summed E-state index contributed by atoms with van der Waals surface area (Å²) in [5.41, 5.74) is 2.66. The molecule has 0 unspecified atom stereocenters. The van der Waals surface area contributed by atoms with Crippen molar-refractivity contribution in [3.05, 3.63) is 56.5 Å². The van der Waals surface area contributed by atoms with Gasteiger partial charge in [-0.25, -0.2) is 0 Å². The lowest BCUT2D eigenvalue weighted by Crippen LogP contribution is -2.05. The normalized spacial score (nSPS) is 11.9. The highest BCUT2D eigenvalue weighted by atomic mass is 79.9. The van der Waals surface area contributed by atoms with Gasteiger partial charge in [0.2, 0.25) is 0 Å². The summed E-state index contributed by atoms with van der Waals surface area (Å²) in [6.07, 6.45) is -2.97. The lowest BCUT2D eigenvalue weighted by atomic mass is 10.2. The van der Waals surface area contributed by atoms with Crippen molar-refractivity contribution in [3.8, 4) is 5.75 Å². The summed E-state index contributed by atoms with van der Waals surface area (Å²) in [5.74, 6) is 0.0583. The van der Waals surface area contributed by atoms with Crippen molar-refractivity contribution in [2.45, 2.75) is 6.18 Å². The predicted octanol–water partition coefficient (Wildman–Crippen LogP) is 5.38. The van der Waals surface area contributed by atoms with E-state index < -0.39 is 11.7 Å². The molecule has 0 amide bonds. The molecular formula is C14H9Br2F3N2O. The standard InChI is InChI=1S/C14H9Br2F3N2O/c15-11-4-8(5-12(16)13(11)22)7-20-21-10-3-1-2-9(6-10)14(17,18)19/h1-7,21-22H. The molecule has 0 aliphatic rings. The van der Waals surface area contributed by atoms with Crippen LogP contribution in [0.2, 0.25) is 0 Å². The number of hydrogen-bond acceptors (Lipinski definition) is 3. The van der Waals surface area contributed by atoms with Crippen LogP contribution < -0.4 is 5.43 Å². The first kappa shape index (κ1) is 16.8. The molecule has 0 aliphatic carbocycles. The van der Waals surface area contributed by atoms with Crippen LogP contribution in [0, 0.1) is 0 Å². The fourth-order valence-electron chi connectivity index (χ4n) is 1.61. The number of nitrogens with zero attached hydrogens (tertiary/aromatic N) is 1. The van der Waals surface area contributed by atoms with Crippen molar-refractivity contribution in [1.29, 1.82) is 0 Å². The van der Waals surface area contributed by atoms with Crippen molar-refractivity contribution >= 4 is 43.8 Å². The Balaban J connectivity index is 2.13. The average molecular weight is 438 g/mol. The Bertz CT molecular complexity index is 694. The molecule has 2 N–H and O–H groups in total. The molecule has 0 heterocycles. The highest BCUT2D eigenvalue weighted by Crippen LogP contribution is 2.33. The van der Waals surface area contributed by atoms with Gasteiger partial charge in [0.05, 0.1) is 26.4 Å². The molecule has 8 heteroatoms. The first-order chi connectivity index (χ1) is 10.3. The zero-order chi connectivity index (χ0) is 16.3. The third-order valence-electron chi connectivity index (χ3n) is 2.64. The summed E-state index contributed by atoms with van der Waals surface area (Å²) in [6.45, 7) is 0. The van der Waals surface area contributed by atoms with E-state index in [0.29, 0.717) is 14.5 Å². The summed E-state index contributed by atoms with van der Waals surface area (Å²) >= 11 is 6.36. The molecule has 0 aromatic heterocycles. The van der Waals surface area contributed by atoms with Gasteiger partial charge in [0.15, 0.2) is 0 Å². The van der Waals surface area contributed by atoms with Gasteiger partial charge in [-0.05, 0) is 67.8 Å². The summed E-state index contributed by atoms with van der Waals surface area (Å²) in [4.78, 5) is 0. The van der Waals surface area contributed by atoms with E-state index in [1.165, 1.54) is 18.3 Å². The topological polar surface area (TPSA) is 44.6 Å². The van der Waals surface area contributed by atoms with Crippen LogP contribution in [0.15, 0.2) is 50.4 Å². The largest absolute Gasteiger partial charge is 0.506 e. The number of alkyl halides is 3. The number of phenols is 1. The van der Waals surface area contributed by atoms with Gasteiger partial charge in [-0.2, -0.15) is 18.3 Å². The number of rotatable bonds is 3.